The van der Waals surface area contributed by atoms with Crippen molar-refractivity contribution in [3.05, 3.63) is 47.6 Å². The number of nitrogens with zero attached hydrogens (tertiary/aromatic N) is 6. The number of aromatic nitrogens is 3. The number of hydrogen-bond donors (Lipinski definition) is 3. The summed E-state index contributed by atoms with van der Waals surface area (Å²) in [5.74, 6) is 1.82. The number of imidazole rings is 1. The number of carbonyl (C=O) groups excluding carboxylic acids is 1. The van der Waals surface area contributed by atoms with Crippen LogP contribution in [0.5, 0.6) is 0 Å². The van der Waals surface area contributed by atoms with Crippen LogP contribution in [0.2, 0.25) is 0 Å². The highest BCUT2D eigenvalue weighted by atomic mass is 31.0. The van der Waals surface area contributed by atoms with Crippen LogP contribution in [0.25, 0.3) is 11.4 Å². The number of nitrogens with one attached hydrogen (secondary N) is 2. The molecule has 3 heterocycles. The monoisotopic (exact) mass is 603 g/mol. The molecule has 10 nitrogen and oxygen atoms in total. The van der Waals surface area contributed by atoms with Crippen LogP contribution < -0.4 is 21.3 Å². The van der Waals surface area contributed by atoms with Crippen molar-refractivity contribution in [2.75, 3.05) is 63.2 Å². The summed E-state index contributed by atoms with van der Waals surface area (Å²) in [5.41, 5.74) is 8.67. The average Bonchev–Trinajstić information content (AvgIpc) is 3.35. The van der Waals surface area contributed by atoms with Gasteiger partial charge < -0.3 is 30.7 Å². The summed E-state index contributed by atoms with van der Waals surface area (Å²) in [4.78, 5) is 30.1. The van der Waals surface area contributed by atoms with Crippen LogP contribution in [0.4, 0.5) is 25.2 Å². The maximum atomic E-state index is 14.7. The summed E-state index contributed by atoms with van der Waals surface area (Å²) < 4.78 is 29.5. The highest BCUT2D eigenvalue weighted by Crippen LogP contribution is 2.31. The summed E-state index contributed by atoms with van der Waals surface area (Å²) in [5, 5.41) is 6.11. The number of urea groups is 1. The van der Waals surface area contributed by atoms with Gasteiger partial charge in [-0.1, -0.05) is 35.2 Å². The Balaban J connectivity index is 2.05. The molecule has 0 spiro atoms. The van der Waals surface area contributed by atoms with Gasteiger partial charge in [0.25, 0.3) is 0 Å². The zero-order chi connectivity index (χ0) is 30.8. The number of allylic oxidation sites excluding steroid dienone is 4. The highest BCUT2D eigenvalue weighted by Gasteiger charge is 2.24. The maximum absolute atomic E-state index is 14.7. The molecule has 0 radical (unpaired) electrons. The second-order valence-corrected chi connectivity index (χ2v) is 11.0. The van der Waals surface area contributed by atoms with Gasteiger partial charge in [-0.05, 0) is 31.9 Å². The third kappa shape index (κ3) is 8.35. The van der Waals surface area contributed by atoms with E-state index in [4.69, 9.17) is 15.7 Å². The summed E-state index contributed by atoms with van der Waals surface area (Å²) in [6.45, 7) is 10.4. The van der Waals surface area contributed by atoms with Gasteiger partial charge in [0.15, 0.2) is 0 Å². The van der Waals surface area contributed by atoms with Gasteiger partial charge in [0.2, 0.25) is 0 Å². The lowest BCUT2D eigenvalue weighted by Gasteiger charge is -2.35. The van der Waals surface area contributed by atoms with E-state index in [-0.39, 0.29) is 24.5 Å². The zero-order valence-electron chi connectivity index (χ0n) is 25.2. The van der Waals surface area contributed by atoms with E-state index in [1.165, 1.54) is 19.1 Å². The van der Waals surface area contributed by atoms with Crippen LogP contribution in [0.15, 0.2) is 46.9 Å². The minimum atomic E-state index is -0.700. The van der Waals surface area contributed by atoms with E-state index in [0.29, 0.717) is 67.6 Å². The van der Waals surface area contributed by atoms with Crippen LogP contribution in [0.1, 0.15) is 33.4 Å². The number of piperazine rings is 1. The SMILES string of the molecule is CCN=C(P)c1nc(-c2ccc(N3CCN(C(=O)NC)CC3)nc2)n(CC(C=CCF)=C(C)F)c1NCC(N)C(C)C. The lowest BCUT2D eigenvalue weighted by molar-refractivity contribution is 0.196. The predicted octanol–water partition coefficient (Wildman–Crippen LogP) is 4.21. The number of amides is 2. The van der Waals surface area contributed by atoms with Crippen molar-refractivity contribution in [3.63, 3.8) is 0 Å². The molecule has 0 bridgehead atoms. The van der Waals surface area contributed by atoms with Crippen LogP contribution in [0, 0.1) is 5.92 Å². The van der Waals surface area contributed by atoms with Crippen molar-refractivity contribution in [3.8, 4) is 11.4 Å². The fourth-order valence-corrected chi connectivity index (χ4v) is 4.90. The Hall–Kier alpha value is -3.37. The number of pyridine rings is 1. The quantitative estimate of drug-likeness (QED) is 0.190. The Labute approximate surface area is 249 Å². The third-order valence-corrected chi connectivity index (χ3v) is 7.65. The van der Waals surface area contributed by atoms with Gasteiger partial charge in [0.05, 0.1) is 12.0 Å². The third-order valence-electron chi connectivity index (χ3n) is 7.19. The molecule has 0 aromatic carbocycles. The van der Waals surface area contributed by atoms with Crippen LogP contribution in [-0.4, -0.2) is 90.0 Å². The Morgan fingerprint density at radius 2 is 1.98 bits per heavy atom. The molecule has 0 aliphatic carbocycles. The Morgan fingerprint density at radius 3 is 2.52 bits per heavy atom. The van der Waals surface area contributed by atoms with Crippen molar-refractivity contribution in [2.24, 2.45) is 16.6 Å². The van der Waals surface area contributed by atoms with E-state index >= 15 is 0 Å². The summed E-state index contributed by atoms with van der Waals surface area (Å²) in [7, 11) is 4.27. The number of hydrogen-bond acceptors (Lipinski definition) is 7. The normalized spacial score (nSPS) is 15.8. The van der Waals surface area contributed by atoms with Crippen molar-refractivity contribution in [2.45, 2.75) is 40.3 Å². The van der Waals surface area contributed by atoms with Crippen molar-refractivity contribution in [1.82, 2.24) is 24.8 Å². The van der Waals surface area contributed by atoms with Gasteiger partial charge in [-0.2, -0.15) is 0 Å². The number of anilines is 2. The van der Waals surface area contributed by atoms with Crippen LogP contribution in [-0.2, 0) is 6.54 Å². The fraction of sp³-hybridized carbons (Fsp3) is 0.517. The lowest BCUT2D eigenvalue weighted by atomic mass is 10.1. The Morgan fingerprint density at radius 1 is 1.26 bits per heavy atom. The fourth-order valence-electron chi connectivity index (χ4n) is 4.52. The van der Waals surface area contributed by atoms with Crippen molar-refractivity contribution < 1.29 is 13.6 Å². The minimum Gasteiger partial charge on any atom is -0.368 e. The standard InChI is InChI=1S/C29H44F2N9OP/c1-6-34-28(42)25-27(36-17-23(32)19(2)3)40(18-22(20(4)31)8-7-11-30)26(37-25)21-9-10-24(35-16-21)38-12-14-39(15-13-38)29(41)33-5/h7-10,16,19,23,36H,6,11-15,17-18,32,42H2,1-5H3,(H,33,41). The summed E-state index contributed by atoms with van der Waals surface area (Å²) in [6.07, 6.45) is 4.50. The van der Waals surface area contributed by atoms with E-state index in [1.807, 2.05) is 23.6 Å². The summed E-state index contributed by atoms with van der Waals surface area (Å²) >= 11 is 0. The zero-order valence-corrected chi connectivity index (χ0v) is 26.4. The van der Waals surface area contributed by atoms with Crippen LogP contribution >= 0.6 is 9.24 Å². The number of rotatable bonds is 12. The molecule has 3 rings (SSSR count). The molecule has 13 heteroatoms. The predicted molar refractivity (Wildman–Crippen MR) is 171 cm³/mol. The molecule has 1 fully saturated rings. The van der Waals surface area contributed by atoms with E-state index in [2.05, 4.69) is 43.6 Å². The Bertz CT molecular complexity index is 1280. The first-order valence-electron chi connectivity index (χ1n) is 14.3. The largest absolute Gasteiger partial charge is 0.368 e. The second-order valence-electron chi connectivity index (χ2n) is 10.4. The molecule has 2 unspecified atom stereocenters. The number of halogens is 2. The van der Waals surface area contributed by atoms with Gasteiger partial charge in [-0.3, -0.25) is 4.99 Å². The smallest absolute Gasteiger partial charge is 0.317 e. The molecule has 0 saturated carbocycles. The molecule has 4 N–H and O–H groups in total. The molecular weight excluding hydrogens is 559 g/mol. The lowest BCUT2D eigenvalue weighted by Crippen LogP contribution is -2.51. The van der Waals surface area contributed by atoms with Crippen molar-refractivity contribution in [1.29, 1.82) is 0 Å². The molecule has 2 aromatic heterocycles. The van der Waals surface area contributed by atoms with Crippen LogP contribution in [0.3, 0.4) is 0 Å². The molecule has 1 saturated heterocycles. The topological polar surface area (TPSA) is 117 Å². The molecular formula is C29H44F2N9OP. The number of carbonyl (C=O) groups is 1. The average molecular weight is 604 g/mol. The second kappa shape index (κ2) is 15.7. The number of alkyl halides is 1. The first-order valence-corrected chi connectivity index (χ1v) is 14.8. The van der Waals surface area contributed by atoms with Gasteiger partial charge in [-0.25, -0.2) is 23.5 Å². The van der Waals surface area contributed by atoms with E-state index in [1.54, 1.807) is 18.1 Å². The molecule has 230 valence electrons. The van der Waals surface area contributed by atoms with E-state index in [9.17, 15) is 13.6 Å². The number of nitrogens with two attached hydrogens (primary N) is 1. The molecule has 2 atom stereocenters. The van der Waals surface area contributed by atoms with Crippen molar-refractivity contribution >= 4 is 32.4 Å². The first-order chi connectivity index (χ1) is 20.1. The minimum absolute atomic E-state index is 0.0854. The Kier molecular flexibility index (Phi) is 12.4. The van der Waals surface area contributed by atoms with Gasteiger partial charge >= 0.3 is 6.03 Å². The van der Waals surface area contributed by atoms with Gasteiger partial charge in [0.1, 0.15) is 35.7 Å². The maximum Gasteiger partial charge on any atom is 0.317 e. The molecule has 1 aliphatic heterocycles. The molecule has 2 amide bonds. The number of aliphatic imine (C=N–C) groups is 1. The van der Waals surface area contributed by atoms with E-state index in [0.717, 1.165) is 11.4 Å². The highest BCUT2D eigenvalue weighted by molar-refractivity contribution is 7.42. The van der Waals surface area contributed by atoms with Gasteiger partial charge in [-0.15, -0.1) is 0 Å². The molecule has 42 heavy (non-hydrogen) atoms. The van der Waals surface area contributed by atoms with E-state index < -0.39 is 12.5 Å². The first kappa shape index (κ1) is 33.1. The molecule has 1 aliphatic rings. The summed E-state index contributed by atoms with van der Waals surface area (Å²) in [6, 6.07) is 3.64. The van der Waals surface area contributed by atoms with Gasteiger partial charge in [0, 0.05) is 69.7 Å². The molecule has 2 aromatic rings.